The number of nitrogens with zero attached hydrogens (tertiary/aromatic N) is 2. The van der Waals surface area contributed by atoms with Gasteiger partial charge in [0, 0.05) is 38.7 Å². The van der Waals surface area contributed by atoms with Gasteiger partial charge in [-0.1, -0.05) is 29.9 Å². The Morgan fingerprint density at radius 3 is 2.74 bits per heavy atom. The number of aryl methyl sites for hydroxylation is 1. The number of likely N-dealkylation sites (N-methyl/N-ethyl adjacent to an activating group) is 1. The van der Waals surface area contributed by atoms with Crippen LogP contribution in [0.1, 0.15) is 50.7 Å². The van der Waals surface area contributed by atoms with E-state index in [2.05, 4.69) is 53.6 Å². The van der Waals surface area contributed by atoms with Gasteiger partial charge in [0.15, 0.2) is 0 Å². The maximum absolute atomic E-state index is 12.1. The summed E-state index contributed by atoms with van der Waals surface area (Å²) in [5, 5.41) is 2.98. The normalized spacial score (nSPS) is 16.2. The van der Waals surface area contributed by atoms with E-state index in [4.69, 9.17) is 0 Å². The lowest BCUT2D eigenvalue weighted by molar-refractivity contribution is -0.121. The minimum absolute atomic E-state index is 0.104. The molecule has 5 heteroatoms. The van der Waals surface area contributed by atoms with E-state index in [0.29, 0.717) is 13.0 Å². The molecule has 1 aliphatic heterocycles. The molecule has 0 saturated carbocycles. The quantitative estimate of drug-likeness (QED) is 0.721. The number of benzene rings is 1. The maximum Gasteiger partial charge on any atom is 0.223 e. The fraction of sp³-hybridized carbons (Fsp3) is 0.462. The summed E-state index contributed by atoms with van der Waals surface area (Å²) >= 11 is 0. The van der Waals surface area contributed by atoms with Crippen LogP contribution in [0.2, 0.25) is 0 Å². The zero-order valence-corrected chi connectivity index (χ0v) is 19.3. The molecular weight excluding hydrogens is 386 g/mol. The molecule has 2 aliphatic rings. The summed E-state index contributed by atoms with van der Waals surface area (Å²) in [6, 6.07) is 6.48. The topological polar surface area (TPSA) is 52.7 Å². The van der Waals surface area contributed by atoms with E-state index in [1.165, 1.54) is 27.8 Å². The van der Waals surface area contributed by atoms with Crippen LogP contribution in [0.25, 0.3) is 5.57 Å². The Bertz CT molecular complexity index is 925. The highest BCUT2D eigenvalue weighted by atomic mass is 16.2. The Morgan fingerprint density at radius 1 is 1.19 bits per heavy atom. The molecule has 1 heterocycles. The number of hydrogen-bond donors (Lipinski definition) is 1. The van der Waals surface area contributed by atoms with Crippen molar-refractivity contribution in [2.24, 2.45) is 0 Å². The molecule has 0 fully saturated rings. The zero-order valence-electron chi connectivity index (χ0n) is 19.3. The van der Waals surface area contributed by atoms with Gasteiger partial charge < -0.3 is 15.1 Å². The van der Waals surface area contributed by atoms with Gasteiger partial charge in [-0.25, -0.2) is 0 Å². The van der Waals surface area contributed by atoms with Gasteiger partial charge in [0.2, 0.25) is 11.8 Å². The third kappa shape index (κ3) is 6.41. The Labute approximate surface area is 186 Å². The number of carbonyl (C=O) groups excluding carboxylic acids is 2. The van der Waals surface area contributed by atoms with Gasteiger partial charge in [-0.05, 0) is 81.1 Å². The molecule has 3 rings (SSSR count). The fourth-order valence-electron chi connectivity index (χ4n) is 4.23. The van der Waals surface area contributed by atoms with Crippen LogP contribution in [0.3, 0.4) is 0 Å². The Kier molecular flexibility index (Phi) is 7.85. The Morgan fingerprint density at radius 2 is 2.00 bits per heavy atom. The molecule has 0 atom stereocenters. The van der Waals surface area contributed by atoms with E-state index in [1.807, 2.05) is 19.0 Å². The average molecular weight is 422 g/mol. The van der Waals surface area contributed by atoms with Gasteiger partial charge in [0.1, 0.15) is 0 Å². The van der Waals surface area contributed by atoms with Crippen molar-refractivity contribution >= 4 is 23.1 Å². The minimum atomic E-state index is 0.104. The first-order valence-corrected chi connectivity index (χ1v) is 11.2. The van der Waals surface area contributed by atoms with E-state index in [0.717, 1.165) is 44.5 Å². The molecule has 1 N–H and O–H groups in total. The SMILES string of the molecule is CC(=O)N1CCCc2cc(C3=CC=C(CCC(=O)NCCN(C)C)C=C(C)C3)ccc21. The molecule has 2 amide bonds. The molecule has 0 unspecified atom stereocenters. The summed E-state index contributed by atoms with van der Waals surface area (Å²) in [5.74, 6) is 0.214. The number of nitrogens with one attached hydrogen (secondary N) is 1. The smallest absolute Gasteiger partial charge is 0.223 e. The number of anilines is 1. The van der Waals surface area contributed by atoms with Gasteiger partial charge in [0.25, 0.3) is 0 Å². The van der Waals surface area contributed by atoms with Crippen LogP contribution in [-0.2, 0) is 16.0 Å². The molecule has 1 aromatic carbocycles. The summed E-state index contributed by atoms with van der Waals surface area (Å²) in [5.41, 5.74) is 7.30. The van der Waals surface area contributed by atoms with Crippen LogP contribution in [0.4, 0.5) is 5.69 Å². The lowest BCUT2D eigenvalue weighted by atomic mass is 9.93. The highest BCUT2D eigenvalue weighted by Crippen LogP contribution is 2.33. The fourth-order valence-corrected chi connectivity index (χ4v) is 4.23. The predicted molar refractivity (Wildman–Crippen MR) is 128 cm³/mol. The van der Waals surface area contributed by atoms with Crippen LogP contribution < -0.4 is 10.2 Å². The van der Waals surface area contributed by atoms with Crippen LogP contribution in [-0.4, -0.2) is 50.4 Å². The van der Waals surface area contributed by atoms with E-state index >= 15 is 0 Å². The number of amides is 2. The first-order chi connectivity index (χ1) is 14.8. The summed E-state index contributed by atoms with van der Waals surface area (Å²) in [6.45, 7) is 6.13. The van der Waals surface area contributed by atoms with Crippen LogP contribution in [0.15, 0.2) is 47.6 Å². The monoisotopic (exact) mass is 421 g/mol. The van der Waals surface area contributed by atoms with Crippen molar-refractivity contribution in [2.45, 2.75) is 46.0 Å². The van der Waals surface area contributed by atoms with E-state index < -0.39 is 0 Å². The summed E-state index contributed by atoms with van der Waals surface area (Å²) in [6.07, 6.45) is 10.7. The third-order valence-electron chi connectivity index (χ3n) is 5.87. The first-order valence-electron chi connectivity index (χ1n) is 11.2. The highest BCUT2D eigenvalue weighted by molar-refractivity contribution is 5.93. The highest BCUT2D eigenvalue weighted by Gasteiger charge is 2.20. The number of rotatable bonds is 7. The summed E-state index contributed by atoms with van der Waals surface area (Å²) < 4.78 is 0. The minimum Gasteiger partial charge on any atom is -0.355 e. The van der Waals surface area contributed by atoms with Gasteiger partial charge in [0.05, 0.1) is 0 Å². The molecule has 0 bridgehead atoms. The molecule has 166 valence electrons. The van der Waals surface area contributed by atoms with Crippen molar-refractivity contribution < 1.29 is 9.59 Å². The van der Waals surface area contributed by atoms with E-state index in [-0.39, 0.29) is 11.8 Å². The van der Waals surface area contributed by atoms with Gasteiger partial charge in [-0.15, -0.1) is 0 Å². The van der Waals surface area contributed by atoms with Gasteiger partial charge in [-0.2, -0.15) is 0 Å². The molecular formula is C26H35N3O2. The molecule has 0 spiro atoms. The van der Waals surface area contributed by atoms with Crippen molar-refractivity contribution in [3.63, 3.8) is 0 Å². The first kappa shape index (κ1) is 23.0. The second-order valence-corrected chi connectivity index (χ2v) is 8.87. The largest absolute Gasteiger partial charge is 0.355 e. The summed E-state index contributed by atoms with van der Waals surface area (Å²) in [7, 11) is 4.00. The predicted octanol–water partition coefficient (Wildman–Crippen LogP) is 4.10. The number of hydrogen-bond acceptors (Lipinski definition) is 3. The Balaban J connectivity index is 1.69. The van der Waals surface area contributed by atoms with Gasteiger partial charge in [-0.3, -0.25) is 9.59 Å². The maximum atomic E-state index is 12.1. The summed E-state index contributed by atoms with van der Waals surface area (Å²) in [4.78, 5) is 28.0. The van der Waals surface area contributed by atoms with E-state index in [1.54, 1.807) is 6.92 Å². The van der Waals surface area contributed by atoms with Crippen molar-refractivity contribution in [1.29, 1.82) is 0 Å². The van der Waals surface area contributed by atoms with Gasteiger partial charge >= 0.3 is 0 Å². The molecule has 1 aliphatic carbocycles. The van der Waals surface area contributed by atoms with Crippen LogP contribution in [0.5, 0.6) is 0 Å². The number of allylic oxidation sites excluding steroid dienone is 6. The second-order valence-electron chi connectivity index (χ2n) is 8.87. The van der Waals surface area contributed by atoms with Crippen molar-refractivity contribution in [1.82, 2.24) is 10.2 Å². The van der Waals surface area contributed by atoms with Crippen LogP contribution in [0, 0.1) is 0 Å². The number of carbonyl (C=O) groups is 2. The van der Waals surface area contributed by atoms with E-state index in [9.17, 15) is 9.59 Å². The second kappa shape index (κ2) is 10.6. The molecule has 0 aromatic heterocycles. The standard InChI is InChI=1S/C26H35N3O2/c1-19-16-21(8-12-26(31)27-13-15-28(3)4)7-9-22(17-19)23-10-11-25-24(18-23)6-5-14-29(25)20(2)30/h7,9-11,16,18H,5-6,8,12-15,17H2,1-4H3,(H,27,31). The molecule has 0 saturated heterocycles. The number of fused-ring (bicyclic) bond motifs is 1. The molecule has 31 heavy (non-hydrogen) atoms. The molecule has 0 radical (unpaired) electrons. The van der Waals surface area contributed by atoms with Crippen LogP contribution >= 0.6 is 0 Å². The van der Waals surface area contributed by atoms with Crippen molar-refractivity contribution in [3.05, 3.63) is 58.7 Å². The third-order valence-corrected chi connectivity index (χ3v) is 5.87. The molecule has 1 aromatic rings. The average Bonchev–Trinajstić information content (AvgIpc) is 2.92. The Hall–Kier alpha value is -2.66. The lowest BCUT2D eigenvalue weighted by Crippen LogP contribution is -2.33. The van der Waals surface area contributed by atoms with Crippen molar-refractivity contribution in [2.75, 3.05) is 38.6 Å². The lowest BCUT2D eigenvalue weighted by Gasteiger charge is -2.29. The van der Waals surface area contributed by atoms with Crippen molar-refractivity contribution in [3.8, 4) is 0 Å². The molecule has 5 nitrogen and oxygen atoms in total. The zero-order chi connectivity index (χ0) is 22.4.